The van der Waals surface area contributed by atoms with Crippen LogP contribution in [-0.2, 0) is 0 Å². The number of carboxylic acid groups (broad SMARTS) is 2. The van der Waals surface area contributed by atoms with Gasteiger partial charge in [0.15, 0.2) is 12.4 Å². The molecule has 14 nitrogen and oxygen atoms in total. The van der Waals surface area contributed by atoms with Crippen molar-refractivity contribution in [3.8, 4) is 11.4 Å². The van der Waals surface area contributed by atoms with Crippen LogP contribution in [0, 0.1) is 30.6 Å². The van der Waals surface area contributed by atoms with E-state index < -0.39 is 21.8 Å². The molecular weight excluding hydrogens is 504 g/mol. The van der Waals surface area contributed by atoms with Crippen LogP contribution in [0.5, 0.6) is 0 Å². The zero-order chi connectivity index (χ0) is 28.2. The van der Waals surface area contributed by atoms with Crippen molar-refractivity contribution in [2.45, 2.75) is 0 Å². The number of non-ortho nitro benzene ring substituents is 2. The monoisotopic (exact) mass is 522 g/mol. The largest absolute Gasteiger partial charge is 0.618 e. The van der Waals surface area contributed by atoms with Gasteiger partial charge in [-0.1, -0.05) is 0 Å². The van der Waals surface area contributed by atoms with Crippen LogP contribution in [0.15, 0.2) is 97.3 Å². The van der Waals surface area contributed by atoms with Gasteiger partial charge in [-0.3, -0.25) is 20.2 Å². The van der Waals surface area contributed by atoms with Crippen LogP contribution in [-0.4, -0.2) is 32.0 Å². The third kappa shape index (κ3) is 8.09. The molecule has 38 heavy (non-hydrogen) atoms. The highest BCUT2D eigenvalue weighted by atomic mass is 16.6. The zero-order valence-electron chi connectivity index (χ0n) is 19.2. The molecule has 0 aliphatic rings. The molecule has 0 saturated heterocycles. The van der Waals surface area contributed by atoms with Gasteiger partial charge in [0.05, 0.1) is 21.0 Å². The molecule has 0 spiro atoms. The van der Waals surface area contributed by atoms with Crippen LogP contribution < -0.4 is 9.46 Å². The molecule has 194 valence electrons. The van der Waals surface area contributed by atoms with E-state index in [0.717, 1.165) is 24.3 Å². The van der Waals surface area contributed by atoms with Gasteiger partial charge in [-0.2, -0.15) is 9.46 Å². The summed E-state index contributed by atoms with van der Waals surface area (Å²) in [6.07, 6.45) is 2.73. The average molecular weight is 522 g/mol. The molecule has 2 aromatic carbocycles. The highest BCUT2D eigenvalue weighted by molar-refractivity contribution is 5.88. The minimum absolute atomic E-state index is 0.0422. The van der Waals surface area contributed by atoms with Crippen molar-refractivity contribution in [2.24, 2.45) is 0 Å². The molecule has 0 saturated carbocycles. The predicted octanol–water partition coefficient (Wildman–Crippen LogP) is 3.21. The summed E-state index contributed by atoms with van der Waals surface area (Å²) in [7, 11) is 0. The van der Waals surface area contributed by atoms with Gasteiger partial charge in [0.25, 0.3) is 22.8 Å². The highest BCUT2D eigenvalue weighted by Gasteiger charge is 2.15. The van der Waals surface area contributed by atoms with Gasteiger partial charge < -0.3 is 20.6 Å². The van der Waals surface area contributed by atoms with Crippen LogP contribution >= 0.6 is 0 Å². The van der Waals surface area contributed by atoms with Gasteiger partial charge in [-0.15, -0.1) is 0 Å². The molecular formula is C24H18N4O10. The van der Waals surface area contributed by atoms with Crippen molar-refractivity contribution < 1.29 is 39.1 Å². The van der Waals surface area contributed by atoms with Crippen molar-refractivity contribution in [1.29, 1.82) is 0 Å². The first-order valence-corrected chi connectivity index (χ1v) is 10.3. The van der Waals surface area contributed by atoms with Crippen LogP contribution in [0.2, 0.25) is 0 Å². The summed E-state index contributed by atoms with van der Waals surface area (Å²) in [5, 5.41) is 59.8. The maximum atomic E-state index is 11.3. The molecule has 0 aliphatic heterocycles. The second-order valence-electron chi connectivity index (χ2n) is 7.04. The summed E-state index contributed by atoms with van der Waals surface area (Å²) in [5.74, 6) is -2.19. The first-order valence-electron chi connectivity index (χ1n) is 10.3. The Hall–Kier alpha value is -5.92. The van der Waals surface area contributed by atoms with Crippen molar-refractivity contribution in [3.05, 3.63) is 139 Å². The Bertz CT molecular complexity index is 1260. The summed E-state index contributed by atoms with van der Waals surface area (Å²) in [5.41, 5.74) is 0.562. The quantitative estimate of drug-likeness (QED) is 0.169. The molecule has 0 aliphatic carbocycles. The maximum absolute atomic E-state index is 11.3. The van der Waals surface area contributed by atoms with Gasteiger partial charge in [0, 0.05) is 48.5 Å². The van der Waals surface area contributed by atoms with E-state index in [9.17, 15) is 40.2 Å². The van der Waals surface area contributed by atoms with Crippen molar-refractivity contribution >= 4 is 23.3 Å². The highest BCUT2D eigenvalue weighted by Crippen LogP contribution is 2.12. The Balaban J connectivity index is 0.000000201. The molecule has 4 aromatic rings. The van der Waals surface area contributed by atoms with Crippen LogP contribution in [0.3, 0.4) is 0 Å². The molecule has 14 heteroatoms. The number of hydrogen-bond donors (Lipinski definition) is 2. The molecule has 2 N–H and O–H groups in total. The minimum atomic E-state index is -1.09. The molecule has 0 atom stereocenters. The van der Waals surface area contributed by atoms with E-state index in [4.69, 9.17) is 10.2 Å². The summed E-state index contributed by atoms with van der Waals surface area (Å²) in [6, 6.07) is 19.3. The average Bonchev–Trinajstić information content (AvgIpc) is 2.90. The SMILES string of the molecule is O=C(O)c1ccc([N+](=O)[O-])cc1.O=C(O)c1ccc([N+](=O)[O-])cc1.[O-][n+]1ccccc1-c1cccc[n+]1[O-]. The Kier molecular flexibility index (Phi) is 9.87. The Morgan fingerprint density at radius 2 is 0.895 bits per heavy atom. The van der Waals surface area contributed by atoms with Gasteiger partial charge in [0.2, 0.25) is 0 Å². The molecule has 4 rings (SSSR count). The van der Waals surface area contributed by atoms with Crippen LogP contribution in [0.1, 0.15) is 20.7 Å². The van der Waals surface area contributed by atoms with Gasteiger partial charge in [-0.05, 0) is 36.4 Å². The Labute approximate surface area is 213 Å². The predicted molar refractivity (Wildman–Crippen MR) is 130 cm³/mol. The smallest absolute Gasteiger partial charge is 0.335 e. The fraction of sp³-hybridized carbons (Fsp3) is 0. The summed E-state index contributed by atoms with van der Waals surface area (Å²) in [6.45, 7) is 0. The number of aromatic carboxylic acids is 2. The van der Waals surface area contributed by atoms with E-state index in [1.807, 2.05) is 0 Å². The fourth-order valence-corrected chi connectivity index (χ4v) is 2.70. The molecule has 2 aromatic heterocycles. The number of aromatic nitrogens is 2. The summed E-state index contributed by atoms with van der Waals surface area (Å²) >= 11 is 0. The van der Waals surface area contributed by atoms with E-state index in [2.05, 4.69) is 0 Å². The van der Waals surface area contributed by atoms with Crippen LogP contribution in [0.4, 0.5) is 11.4 Å². The summed E-state index contributed by atoms with van der Waals surface area (Å²) < 4.78 is 1.34. The molecule has 2 heterocycles. The lowest BCUT2D eigenvalue weighted by atomic mass is 10.2. The van der Waals surface area contributed by atoms with Gasteiger partial charge in [-0.25, -0.2) is 9.59 Å². The molecule has 0 unspecified atom stereocenters. The van der Waals surface area contributed by atoms with E-state index >= 15 is 0 Å². The fourth-order valence-electron chi connectivity index (χ4n) is 2.70. The zero-order valence-corrected chi connectivity index (χ0v) is 19.2. The lowest BCUT2D eigenvalue weighted by molar-refractivity contribution is -0.625. The van der Waals surface area contributed by atoms with Gasteiger partial charge >= 0.3 is 11.9 Å². The second kappa shape index (κ2) is 13.2. The Morgan fingerprint density at radius 3 is 1.13 bits per heavy atom. The Morgan fingerprint density at radius 1 is 0.579 bits per heavy atom. The minimum Gasteiger partial charge on any atom is -0.618 e. The standard InChI is InChI=1S/C10H8N2O2.2C7H5NO4/c13-11-7-3-1-5-9(11)10-6-2-4-8-12(10)14;2*9-7(10)5-1-3-6(4-2-5)8(11)12/h1-8H;2*1-4H,(H,9,10). The first-order chi connectivity index (χ1) is 18.0. The van der Waals surface area contributed by atoms with Crippen molar-refractivity contribution in [2.75, 3.05) is 0 Å². The van der Waals surface area contributed by atoms with Crippen molar-refractivity contribution in [3.63, 3.8) is 0 Å². The van der Waals surface area contributed by atoms with E-state index in [-0.39, 0.29) is 22.5 Å². The number of nitrogens with zero attached hydrogens (tertiary/aromatic N) is 4. The van der Waals surface area contributed by atoms with E-state index in [0.29, 0.717) is 20.8 Å². The number of carboxylic acids is 2. The van der Waals surface area contributed by atoms with Gasteiger partial charge in [0.1, 0.15) is 0 Å². The lowest BCUT2D eigenvalue weighted by Gasteiger charge is -2.03. The molecule has 0 bridgehead atoms. The molecule has 0 radical (unpaired) electrons. The topological polar surface area (TPSA) is 215 Å². The maximum Gasteiger partial charge on any atom is 0.335 e. The van der Waals surface area contributed by atoms with E-state index in [1.54, 1.807) is 36.4 Å². The van der Waals surface area contributed by atoms with Crippen LogP contribution in [0.25, 0.3) is 11.4 Å². The number of benzene rings is 2. The molecule has 0 fully saturated rings. The number of carbonyl (C=O) groups is 2. The number of rotatable bonds is 5. The number of nitro groups is 2. The summed E-state index contributed by atoms with van der Waals surface area (Å²) in [4.78, 5) is 39.7. The number of pyridine rings is 2. The first kappa shape index (κ1) is 28.3. The number of hydrogen-bond acceptors (Lipinski definition) is 8. The molecule has 0 amide bonds. The van der Waals surface area contributed by atoms with Crippen molar-refractivity contribution in [1.82, 2.24) is 0 Å². The van der Waals surface area contributed by atoms with E-state index in [1.165, 1.54) is 36.7 Å². The number of nitro benzene ring substituents is 2. The normalized spacial score (nSPS) is 9.58. The third-order valence-corrected chi connectivity index (χ3v) is 4.56. The second-order valence-corrected chi connectivity index (χ2v) is 7.04. The third-order valence-electron chi connectivity index (χ3n) is 4.56. The lowest BCUT2D eigenvalue weighted by Crippen LogP contribution is -2.36.